The minimum atomic E-state index is -3.98. The highest BCUT2D eigenvalue weighted by Crippen LogP contribution is 2.31. The predicted octanol–water partition coefficient (Wildman–Crippen LogP) is 5.34. The van der Waals surface area contributed by atoms with E-state index in [4.69, 9.17) is 16.3 Å². The van der Waals surface area contributed by atoms with Crippen molar-refractivity contribution in [2.75, 3.05) is 24.0 Å². The topological polar surface area (TPSA) is 75.7 Å². The first kappa shape index (κ1) is 26.6. The maximum absolute atomic E-state index is 13.4. The fourth-order valence-electron chi connectivity index (χ4n) is 3.67. The van der Waals surface area contributed by atoms with Crippen LogP contribution in [0, 0.1) is 6.92 Å². The van der Waals surface area contributed by atoms with Crippen LogP contribution in [0.25, 0.3) is 0 Å². The second kappa shape index (κ2) is 11.1. The molecule has 0 aliphatic rings. The zero-order chi connectivity index (χ0) is 25.6. The van der Waals surface area contributed by atoms with Crippen LogP contribution in [0.2, 0.25) is 5.02 Å². The molecule has 186 valence electrons. The maximum atomic E-state index is 13.4. The monoisotopic (exact) mass is 514 g/mol. The van der Waals surface area contributed by atoms with Crippen molar-refractivity contribution < 1.29 is 17.9 Å². The Hall–Kier alpha value is -3.03. The number of amides is 1. The molecule has 6 nitrogen and oxygen atoms in total. The number of hydrogen-bond acceptors (Lipinski definition) is 4. The zero-order valence-electron chi connectivity index (χ0n) is 20.4. The van der Waals surface area contributed by atoms with Crippen LogP contribution >= 0.6 is 11.6 Å². The van der Waals surface area contributed by atoms with Gasteiger partial charge in [-0.25, -0.2) is 8.42 Å². The molecule has 1 amide bonds. The van der Waals surface area contributed by atoms with Crippen LogP contribution in [-0.2, 0) is 20.2 Å². The Morgan fingerprint density at radius 3 is 2.31 bits per heavy atom. The summed E-state index contributed by atoms with van der Waals surface area (Å²) in [7, 11) is -3.98. The number of benzene rings is 3. The Balaban J connectivity index is 1.72. The molecule has 0 aromatic heterocycles. The molecule has 8 heteroatoms. The smallest absolute Gasteiger partial charge is 0.264 e. The molecule has 1 N–H and O–H groups in total. The molecule has 0 radical (unpaired) electrons. The third-order valence-electron chi connectivity index (χ3n) is 5.42. The SMILES string of the molecule is Cc1cc(Cl)ccc1N(CC(=O)NCCOc1ccccc1C(C)(C)C)S(=O)(=O)c1ccccc1. The van der Waals surface area contributed by atoms with E-state index in [1.54, 1.807) is 43.3 Å². The van der Waals surface area contributed by atoms with E-state index in [1.807, 2.05) is 24.3 Å². The average Bonchev–Trinajstić information content (AvgIpc) is 2.81. The summed E-state index contributed by atoms with van der Waals surface area (Å²) >= 11 is 6.07. The standard InChI is InChI=1S/C27H31ClN2O4S/c1-20-18-21(28)14-15-24(20)30(35(32,33)22-10-6-5-7-11-22)19-26(31)29-16-17-34-25-13-9-8-12-23(25)27(2,3)4/h5-15,18H,16-17,19H2,1-4H3,(H,29,31). The van der Waals surface area contributed by atoms with Gasteiger partial charge in [-0.3, -0.25) is 9.10 Å². The van der Waals surface area contributed by atoms with Crippen LogP contribution in [0.4, 0.5) is 5.69 Å². The Labute approximate surface area is 212 Å². The van der Waals surface area contributed by atoms with Crippen LogP contribution in [-0.4, -0.2) is 34.0 Å². The lowest BCUT2D eigenvalue weighted by atomic mass is 9.86. The highest BCUT2D eigenvalue weighted by Gasteiger charge is 2.28. The number of rotatable bonds is 9. The number of anilines is 1. The van der Waals surface area contributed by atoms with E-state index in [0.717, 1.165) is 15.6 Å². The number of halogens is 1. The van der Waals surface area contributed by atoms with Gasteiger partial charge in [0.15, 0.2) is 0 Å². The van der Waals surface area contributed by atoms with Crippen LogP contribution in [0.3, 0.4) is 0 Å². The third kappa shape index (κ3) is 6.77. The molecule has 0 aliphatic heterocycles. The molecule has 0 saturated carbocycles. The van der Waals surface area contributed by atoms with Gasteiger partial charge in [0, 0.05) is 5.02 Å². The molecule has 0 unspecified atom stereocenters. The molecule has 0 atom stereocenters. The van der Waals surface area contributed by atoms with E-state index in [0.29, 0.717) is 16.3 Å². The Kier molecular flexibility index (Phi) is 8.46. The predicted molar refractivity (Wildman–Crippen MR) is 141 cm³/mol. The number of hydrogen-bond donors (Lipinski definition) is 1. The molecular weight excluding hydrogens is 484 g/mol. The minimum Gasteiger partial charge on any atom is -0.491 e. The van der Waals surface area contributed by atoms with Gasteiger partial charge >= 0.3 is 0 Å². The van der Waals surface area contributed by atoms with Gasteiger partial charge in [-0.2, -0.15) is 0 Å². The third-order valence-corrected chi connectivity index (χ3v) is 7.43. The highest BCUT2D eigenvalue weighted by molar-refractivity contribution is 7.92. The fraction of sp³-hybridized carbons (Fsp3) is 0.296. The Bertz CT molecular complexity index is 1270. The van der Waals surface area contributed by atoms with Crippen LogP contribution in [0.15, 0.2) is 77.7 Å². The fourth-order valence-corrected chi connectivity index (χ4v) is 5.40. The quantitative estimate of drug-likeness (QED) is 0.391. The van der Waals surface area contributed by atoms with Crippen LogP contribution in [0.1, 0.15) is 31.9 Å². The van der Waals surface area contributed by atoms with Gasteiger partial charge in [-0.15, -0.1) is 0 Å². The van der Waals surface area contributed by atoms with E-state index in [1.165, 1.54) is 12.1 Å². The first-order valence-electron chi connectivity index (χ1n) is 11.3. The summed E-state index contributed by atoms with van der Waals surface area (Å²) in [5.74, 6) is 0.325. The van der Waals surface area contributed by atoms with Crippen LogP contribution in [0.5, 0.6) is 5.75 Å². The second-order valence-corrected chi connectivity index (χ2v) is 11.5. The van der Waals surface area contributed by atoms with Gasteiger partial charge in [-0.05, 0) is 59.9 Å². The summed E-state index contributed by atoms with van der Waals surface area (Å²) in [4.78, 5) is 12.9. The van der Waals surface area contributed by atoms with Gasteiger partial charge in [0.1, 0.15) is 18.9 Å². The summed E-state index contributed by atoms with van der Waals surface area (Å²) in [5, 5.41) is 3.26. The van der Waals surface area contributed by atoms with E-state index in [2.05, 4.69) is 26.1 Å². The average molecular weight is 515 g/mol. The number of carbonyl (C=O) groups is 1. The normalized spacial score (nSPS) is 11.7. The van der Waals surface area contributed by atoms with Gasteiger partial charge in [0.2, 0.25) is 5.91 Å². The number of nitrogens with one attached hydrogen (secondary N) is 1. The summed E-state index contributed by atoms with van der Waals surface area (Å²) in [6.45, 7) is 8.19. The van der Waals surface area contributed by atoms with Crippen molar-refractivity contribution in [3.8, 4) is 5.75 Å². The first-order chi connectivity index (χ1) is 16.5. The van der Waals surface area contributed by atoms with Gasteiger partial charge in [0.25, 0.3) is 10.0 Å². The van der Waals surface area contributed by atoms with Crippen molar-refractivity contribution >= 4 is 33.2 Å². The molecular formula is C27H31ClN2O4S. The first-order valence-corrected chi connectivity index (χ1v) is 13.1. The maximum Gasteiger partial charge on any atom is 0.264 e. The van der Waals surface area contributed by atoms with E-state index >= 15 is 0 Å². The number of sulfonamides is 1. The summed E-state index contributed by atoms with van der Waals surface area (Å²) in [6, 6.07) is 20.7. The lowest BCUT2D eigenvalue weighted by Crippen LogP contribution is -2.42. The number of carbonyl (C=O) groups excluding carboxylic acids is 1. The Morgan fingerprint density at radius 2 is 1.66 bits per heavy atom. The molecule has 3 rings (SSSR count). The molecule has 0 saturated heterocycles. The van der Waals surface area contributed by atoms with Crippen molar-refractivity contribution in [1.29, 1.82) is 0 Å². The van der Waals surface area contributed by atoms with Crippen molar-refractivity contribution in [1.82, 2.24) is 5.32 Å². The molecule has 0 bridgehead atoms. The van der Waals surface area contributed by atoms with Crippen LogP contribution < -0.4 is 14.4 Å². The van der Waals surface area contributed by atoms with Crippen molar-refractivity contribution in [3.63, 3.8) is 0 Å². The van der Waals surface area contributed by atoms with Gasteiger partial charge < -0.3 is 10.1 Å². The van der Waals surface area contributed by atoms with Crippen molar-refractivity contribution in [3.05, 3.63) is 88.9 Å². The molecule has 0 fully saturated rings. The zero-order valence-corrected chi connectivity index (χ0v) is 22.0. The van der Waals surface area contributed by atoms with E-state index in [-0.39, 0.29) is 30.0 Å². The molecule has 35 heavy (non-hydrogen) atoms. The molecule has 3 aromatic carbocycles. The highest BCUT2D eigenvalue weighted by atomic mass is 35.5. The number of aryl methyl sites for hydroxylation is 1. The molecule has 3 aromatic rings. The second-order valence-electron chi connectivity index (χ2n) is 9.20. The number of para-hydroxylation sites is 1. The van der Waals surface area contributed by atoms with E-state index < -0.39 is 15.9 Å². The minimum absolute atomic E-state index is 0.0808. The number of nitrogens with zero attached hydrogens (tertiary/aromatic N) is 1. The summed E-state index contributed by atoms with van der Waals surface area (Å²) in [6.07, 6.45) is 0. The lowest BCUT2D eigenvalue weighted by molar-refractivity contribution is -0.119. The Morgan fingerprint density at radius 1 is 1.00 bits per heavy atom. The molecule has 0 spiro atoms. The summed E-state index contributed by atoms with van der Waals surface area (Å²) < 4.78 is 33.9. The van der Waals surface area contributed by atoms with Crippen molar-refractivity contribution in [2.45, 2.75) is 38.0 Å². The molecule has 0 heterocycles. The van der Waals surface area contributed by atoms with Crippen molar-refractivity contribution in [2.24, 2.45) is 0 Å². The lowest BCUT2D eigenvalue weighted by Gasteiger charge is -2.26. The number of ether oxygens (including phenoxy) is 1. The van der Waals surface area contributed by atoms with Gasteiger partial charge in [0.05, 0.1) is 17.1 Å². The molecule has 0 aliphatic carbocycles. The largest absolute Gasteiger partial charge is 0.491 e. The summed E-state index contributed by atoms with van der Waals surface area (Å²) in [5.41, 5.74) is 2.03. The van der Waals surface area contributed by atoms with E-state index in [9.17, 15) is 13.2 Å². The van der Waals surface area contributed by atoms with Gasteiger partial charge in [-0.1, -0.05) is 68.8 Å².